The third kappa shape index (κ3) is 4.64. The van der Waals surface area contributed by atoms with Crippen molar-refractivity contribution in [2.24, 2.45) is 0 Å². The van der Waals surface area contributed by atoms with Crippen LogP contribution in [0.3, 0.4) is 0 Å². The lowest BCUT2D eigenvalue weighted by atomic mass is 10.0. The first-order valence-electron chi connectivity index (χ1n) is 7.98. The predicted molar refractivity (Wildman–Crippen MR) is 88.8 cm³/mol. The molecule has 24 heavy (non-hydrogen) atoms. The molecule has 0 saturated carbocycles. The van der Waals surface area contributed by atoms with Gasteiger partial charge in [-0.05, 0) is 44.0 Å². The minimum atomic E-state index is -3.32. The van der Waals surface area contributed by atoms with Crippen molar-refractivity contribution in [3.8, 4) is 5.75 Å². The van der Waals surface area contributed by atoms with Crippen molar-refractivity contribution in [2.75, 3.05) is 19.6 Å². The van der Waals surface area contributed by atoms with E-state index in [-0.39, 0.29) is 5.75 Å². The summed E-state index contributed by atoms with van der Waals surface area (Å²) in [6, 6.07) is 3.44. The van der Waals surface area contributed by atoms with E-state index >= 15 is 0 Å². The smallest absolute Gasteiger partial charge is 0.387 e. The number of ether oxygens (including phenoxy) is 1. The predicted octanol–water partition coefficient (Wildman–Crippen LogP) is 2.42. The van der Waals surface area contributed by atoms with Gasteiger partial charge in [0, 0.05) is 25.2 Å². The summed E-state index contributed by atoms with van der Waals surface area (Å²) >= 11 is 0. The van der Waals surface area contributed by atoms with Gasteiger partial charge in [-0.2, -0.15) is 8.78 Å². The monoisotopic (exact) mass is 362 g/mol. The third-order valence-corrected chi connectivity index (χ3v) is 6.25. The van der Waals surface area contributed by atoms with E-state index in [0.717, 1.165) is 11.1 Å². The maximum atomic E-state index is 12.6. The van der Waals surface area contributed by atoms with E-state index in [0.29, 0.717) is 38.2 Å². The molecule has 1 unspecified atom stereocenters. The summed E-state index contributed by atoms with van der Waals surface area (Å²) in [5.74, 6) is 0.158. The highest BCUT2D eigenvalue weighted by Crippen LogP contribution is 2.28. The maximum absolute atomic E-state index is 12.6. The van der Waals surface area contributed by atoms with Crippen molar-refractivity contribution in [1.82, 2.24) is 9.62 Å². The Balaban J connectivity index is 2.13. The summed E-state index contributed by atoms with van der Waals surface area (Å²) in [5.41, 5.74) is 2.52. The van der Waals surface area contributed by atoms with E-state index in [1.54, 1.807) is 13.0 Å². The topological polar surface area (TPSA) is 58.6 Å². The zero-order chi connectivity index (χ0) is 17.9. The van der Waals surface area contributed by atoms with Crippen LogP contribution in [0.25, 0.3) is 0 Å². The quantitative estimate of drug-likeness (QED) is 0.809. The standard InChI is InChI=1S/C16H24F2N2O3S/c1-4-19-24(21,22)14-5-6-20(10-14)9-13-7-11(2)12(3)8-15(13)23-16(17)18/h7-8,14,16,19H,4-6,9-10H2,1-3H3. The number of nitrogens with zero attached hydrogens (tertiary/aromatic N) is 1. The Morgan fingerprint density at radius 3 is 2.62 bits per heavy atom. The highest BCUT2D eigenvalue weighted by Gasteiger charge is 2.32. The van der Waals surface area contributed by atoms with Crippen LogP contribution in [0, 0.1) is 13.8 Å². The molecule has 1 aliphatic heterocycles. The number of sulfonamides is 1. The number of aryl methyl sites for hydroxylation is 2. The van der Waals surface area contributed by atoms with Gasteiger partial charge in [0.25, 0.3) is 0 Å². The van der Waals surface area contributed by atoms with Gasteiger partial charge < -0.3 is 4.74 Å². The van der Waals surface area contributed by atoms with Gasteiger partial charge in [0.1, 0.15) is 5.75 Å². The van der Waals surface area contributed by atoms with Crippen molar-refractivity contribution in [3.63, 3.8) is 0 Å². The van der Waals surface area contributed by atoms with Crippen LogP contribution < -0.4 is 9.46 Å². The number of alkyl halides is 2. The summed E-state index contributed by atoms with van der Waals surface area (Å²) in [6.45, 7) is 4.36. The van der Waals surface area contributed by atoms with Crippen molar-refractivity contribution >= 4 is 10.0 Å². The minimum Gasteiger partial charge on any atom is -0.434 e. The summed E-state index contributed by atoms with van der Waals surface area (Å²) in [6.07, 6.45) is 0.533. The number of nitrogens with one attached hydrogen (secondary N) is 1. The first-order valence-corrected chi connectivity index (χ1v) is 9.53. The average molecular weight is 362 g/mol. The fraction of sp³-hybridized carbons (Fsp3) is 0.625. The molecule has 1 heterocycles. The second kappa shape index (κ2) is 7.76. The fourth-order valence-electron chi connectivity index (χ4n) is 2.93. The summed E-state index contributed by atoms with van der Waals surface area (Å²) < 4.78 is 56.6. The van der Waals surface area contributed by atoms with Gasteiger partial charge in [-0.25, -0.2) is 13.1 Å². The van der Waals surface area contributed by atoms with Crippen LogP contribution in [0.15, 0.2) is 12.1 Å². The molecule has 0 spiro atoms. The molecule has 1 atom stereocenters. The van der Waals surface area contributed by atoms with Gasteiger partial charge in [0.2, 0.25) is 10.0 Å². The molecule has 0 radical (unpaired) electrons. The summed E-state index contributed by atoms with van der Waals surface area (Å²) in [7, 11) is -3.32. The van der Waals surface area contributed by atoms with Crippen LogP contribution >= 0.6 is 0 Å². The molecule has 0 amide bonds. The molecule has 0 aliphatic carbocycles. The van der Waals surface area contributed by atoms with E-state index in [1.165, 1.54) is 0 Å². The van der Waals surface area contributed by atoms with Gasteiger partial charge in [-0.3, -0.25) is 4.90 Å². The van der Waals surface area contributed by atoms with Crippen molar-refractivity contribution in [1.29, 1.82) is 0 Å². The lowest BCUT2D eigenvalue weighted by Gasteiger charge is -2.20. The minimum absolute atomic E-state index is 0.158. The number of likely N-dealkylation sites (tertiary alicyclic amines) is 1. The molecular weight excluding hydrogens is 338 g/mol. The second-order valence-electron chi connectivity index (χ2n) is 6.11. The molecule has 8 heteroatoms. The molecule has 1 N–H and O–H groups in total. The second-order valence-corrected chi connectivity index (χ2v) is 8.16. The van der Waals surface area contributed by atoms with Gasteiger partial charge in [-0.15, -0.1) is 0 Å². The normalized spacial score (nSPS) is 19.2. The summed E-state index contributed by atoms with van der Waals surface area (Å²) in [4.78, 5) is 1.96. The van der Waals surface area contributed by atoms with Crippen LogP contribution in [-0.2, 0) is 16.6 Å². The Hall–Kier alpha value is -1.25. The van der Waals surface area contributed by atoms with E-state index in [1.807, 2.05) is 24.8 Å². The van der Waals surface area contributed by atoms with Gasteiger partial charge in [0.05, 0.1) is 5.25 Å². The Morgan fingerprint density at radius 2 is 2.00 bits per heavy atom. The van der Waals surface area contributed by atoms with Crippen LogP contribution in [-0.4, -0.2) is 44.8 Å². The average Bonchev–Trinajstić information content (AvgIpc) is 2.93. The van der Waals surface area contributed by atoms with Crippen LogP contribution in [0.1, 0.15) is 30.0 Å². The summed E-state index contributed by atoms with van der Waals surface area (Å²) in [5, 5.41) is -0.469. The number of hydrogen-bond donors (Lipinski definition) is 1. The molecule has 1 aliphatic rings. The first-order chi connectivity index (χ1) is 11.2. The van der Waals surface area contributed by atoms with Crippen molar-refractivity contribution < 1.29 is 21.9 Å². The number of rotatable bonds is 7. The lowest BCUT2D eigenvalue weighted by Crippen LogP contribution is -2.36. The molecule has 2 rings (SSSR count). The highest BCUT2D eigenvalue weighted by molar-refractivity contribution is 7.90. The van der Waals surface area contributed by atoms with Crippen molar-refractivity contribution in [3.05, 3.63) is 28.8 Å². The Bertz CT molecular complexity index is 680. The molecule has 1 aromatic carbocycles. The van der Waals surface area contributed by atoms with Crippen LogP contribution in [0.2, 0.25) is 0 Å². The largest absolute Gasteiger partial charge is 0.434 e. The molecule has 1 fully saturated rings. The van der Waals surface area contributed by atoms with Crippen LogP contribution in [0.4, 0.5) is 8.78 Å². The van der Waals surface area contributed by atoms with Crippen molar-refractivity contribution in [2.45, 2.75) is 45.6 Å². The Morgan fingerprint density at radius 1 is 1.33 bits per heavy atom. The van der Waals surface area contributed by atoms with E-state index in [9.17, 15) is 17.2 Å². The third-order valence-electron chi connectivity index (χ3n) is 4.30. The maximum Gasteiger partial charge on any atom is 0.387 e. The van der Waals surface area contributed by atoms with Crippen LogP contribution in [0.5, 0.6) is 5.75 Å². The molecular formula is C16H24F2N2O3S. The Labute approximate surface area is 142 Å². The number of hydrogen-bond acceptors (Lipinski definition) is 4. The number of halogens is 2. The molecule has 1 saturated heterocycles. The highest BCUT2D eigenvalue weighted by atomic mass is 32.2. The molecule has 0 aromatic heterocycles. The van der Waals surface area contributed by atoms with Gasteiger partial charge in [-0.1, -0.05) is 13.0 Å². The first kappa shape index (κ1) is 19.1. The Kier molecular flexibility index (Phi) is 6.17. The van der Waals surface area contributed by atoms with Gasteiger partial charge >= 0.3 is 6.61 Å². The lowest BCUT2D eigenvalue weighted by molar-refractivity contribution is -0.0507. The van der Waals surface area contributed by atoms with E-state index < -0.39 is 21.9 Å². The zero-order valence-corrected chi connectivity index (χ0v) is 15.0. The van der Waals surface area contributed by atoms with E-state index in [4.69, 9.17) is 0 Å². The SMILES string of the molecule is CCNS(=O)(=O)C1CCN(Cc2cc(C)c(C)cc2OC(F)F)C1. The molecule has 5 nitrogen and oxygen atoms in total. The zero-order valence-electron chi connectivity index (χ0n) is 14.2. The number of benzene rings is 1. The molecule has 0 bridgehead atoms. The fourth-order valence-corrected chi connectivity index (χ4v) is 4.39. The van der Waals surface area contributed by atoms with E-state index in [2.05, 4.69) is 9.46 Å². The van der Waals surface area contributed by atoms with Gasteiger partial charge in [0.15, 0.2) is 0 Å². The molecule has 1 aromatic rings. The molecule has 136 valence electrons.